The molecule has 0 aromatic heterocycles. The number of alkyl halides is 1. The van der Waals surface area contributed by atoms with Gasteiger partial charge in [-0.05, 0) is 87.8 Å². The van der Waals surface area contributed by atoms with Gasteiger partial charge in [-0.25, -0.2) is 4.39 Å². The average Bonchev–Trinajstić information content (AvgIpc) is 3.25. The lowest BCUT2D eigenvalue weighted by Gasteiger charge is -2.23. The number of Topliss-reactive ketones (excluding diaryl/α,β-unsaturated/α-hetero) is 2. The van der Waals surface area contributed by atoms with Crippen LogP contribution in [0.5, 0.6) is 0 Å². The van der Waals surface area contributed by atoms with Crippen LogP contribution in [-0.2, 0) is 19.1 Å². The third-order valence-corrected chi connectivity index (χ3v) is 6.77. The molecule has 1 amide bonds. The molecule has 2 unspecified atom stereocenters. The van der Waals surface area contributed by atoms with E-state index >= 15 is 4.39 Å². The highest BCUT2D eigenvalue weighted by molar-refractivity contribution is 6.17. The quantitative estimate of drug-likeness (QED) is 0.177. The number of hydrogen-bond donors (Lipinski definition) is 1. The van der Waals surface area contributed by atoms with Gasteiger partial charge in [0.15, 0.2) is 11.6 Å². The zero-order chi connectivity index (χ0) is 29.2. The molecule has 0 heterocycles. The first-order chi connectivity index (χ1) is 18.4. The Morgan fingerprint density at radius 3 is 2.54 bits per heavy atom. The maximum Gasteiger partial charge on any atom is 0.243 e. The first-order valence-corrected chi connectivity index (χ1v) is 13.4. The molecule has 2 atom stereocenters. The minimum Gasteiger partial charge on any atom is -0.368 e. The van der Waals surface area contributed by atoms with Crippen molar-refractivity contribution in [3.05, 3.63) is 94.5 Å². The summed E-state index contributed by atoms with van der Waals surface area (Å²) in [6.45, 7) is 13.7. The van der Waals surface area contributed by atoms with Gasteiger partial charge >= 0.3 is 0 Å². The van der Waals surface area contributed by atoms with Gasteiger partial charge in [-0.15, -0.1) is 11.5 Å². The van der Waals surface area contributed by atoms with Crippen LogP contribution in [0.2, 0.25) is 0 Å². The average molecular weight is 534 g/mol. The van der Waals surface area contributed by atoms with Crippen LogP contribution in [0.4, 0.5) is 4.39 Å². The second kappa shape index (κ2) is 14.6. The second-order valence-electron chi connectivity index (χ2n) is 10.3. The van der Waals surface area contributed by atoms with Gasteiger partial charge in [0, 0.05) is 16.7 Å². The van der Waals surface area contributed by atoms with Crippen molar-refractivity contribution in [2.75, 3.05) is 6.61 Å². The van der Waals surface area contributed by atoms with Gasteiger partial charge in [-0.2, -0.15) is 0 Å². The summed E-state index contributed by atoms with van der Waals surface area (Å²) in [5, 5.41) is 0. The summed E-state index contributed by atoms with van der Waals surface area (Å²) in [7, 11) is 0. The number of amides is 1. The van der Waals surface area contributed by atoms with Crippen molar-refractivity contribution in [2.45, 2.75) is 78.0 Å². The van der Waals surface area contributed by atoms with Gasteiger partial charge in [0.05, 0.1) is 12.0 Å². The molecule has 2 aliphatic carbocycles. The first kappa shape index (κ1) is 31.7. The van der Waals surface area contributed by atoms with Crippen LogP contribution in [0.15, 0.2) is 94.5 Å². The molecule has 0 fully saturated rings. The van der Waals surface area contributed by atoms with Gasteiger partial charge in [-0.3, -0.25) is 14.4 Å². The van der Waals surface area contributed by atoms with Crippen molar-refractivity contribution < 1.29 is 23.5 Å². The Balaban J connectivity index is 2.43. The fraction of sp³-hybridized carbons (Fsp3) is 0.424. The zero-order valence-corrected chi connectivity index (χ0v) is 23.6. The number of hydrogen-bond acceptors (Lipinski definition) is 4. The Morgan fingerprint density at radius 1 is 1.23 bits per heavy atom. The van der Waals surface area contributed by atoms with Crippen LogP contribution in [-0.4, -0.2) is 35.9 Å². The summed E-state index contributed by atoms with van der Waals surface area (Å²) >= 11 is 0. The molecule has 2 rings (SSSR count). The van der Waals surface area contributed by atoms with E-state index in [9.17, 15) is 14.4 Å². The smallest absolute Gasteiger partial charge is 0.243 e. The fourth-order valence-electron chi connectivity index (χ4n) is 4.62. The Hall–Kier alpha value is -3.56. The second-order valence-corrected chi connectivity index (χ2v) is 10.3. The molecule has 208 valence electrons. The van der Waals surface area contributed by atoms with Crippen molar-refractivity contribution in [3.63, 3.8) is 0 Å². The van der Waals surface area contributed by atoms with E-state index in [-0.39, 0.29) is 35.2 Å². The molecule has 0 bridgehead atoms. The number of ketones is 2. The van der Waals surface area contributed by atoms with Gasteiger partial charge in [0.1, 0.15) is 12.3 Å². The fourth-order valence-corrected chi connectivity index (χ4v) is 4.62. The highest BCUT2D eigenvalue weighted by atomic mass is 19.1. The third-order valence-electron chi connectivity index (χ3n) is 6.77. The number of nitrogens with two attached hydrogens (primary N) is 1. The highest BCUT2D eigenvalue weighted by Gasteiger charge is 2.34. The van der Waals surface area contributed by atoms with E-state index in [0.717, 1.165) is 18.4 Å². The molecule has 0 aromatic rings. The Bertz CT molecular complexity index is 1240. The number of primary amides is 1. The number of carbonyl (C=O) groups excluding carboxylic acids is 3. The van der Waals surface area contributed by atoms with Crippen LogP contribution in [0, 0.1) is 5.92 Å². The Kier molecular flexibility index (Phi) is 11.8. The molecular formula is C33H40FNO4. The summed E-state index contributed by atoms with van der Waals surface area (Å²) < 4.78 is 21.1. The number of ether oxygens (including phenoxy) is 1. The van der Waals surface area contributed by atoms with Gasteiger partial charge in [-0.1, -0.05) is 44.7 Å². The summed E-state index contributed by atoms with van der Waals surface area (Å²) in [5.41, 5.74) is 11.7. The Labute approximate surface area is 231 Å². The number of carbonyl (C=O) groups is 3. The molecule has 0 saturated heterocycles. The van der Waals surface area contributed by atoms with Crippen LogP contribution in [0.3, 0.4) is 0 Å². The number of unbranched alkanes of at least 4 members (excludes halogenated alkanes) is 1. The topological polar surface area (TPSA) is 86.5 Å². The molecule has 0 radical (unpaired) electrons. The summed E-state index contributed by atoms with van der Waals surface area (Å²) in [4.78, 5) is 38.3. The standard InChI is InChI=1S/C33H40FNO4/c1-7-10-13-23(12-8-2)25-17-19-28(27(9-3)29(20-25)33(5,6)34)32(38)22(4)31(37)24-14-11-15-26(18-16-24)39-21-30(35)36/h12-14,17,19-20,22,26H,2-3,7,10-11,15-16,18,21H2,1,4-6H3,(H2,35,36). The minimum atomic E-state index is -1.81. The normalized spacial score (nSPS) is 19.2. The predicted octanol–water partition coefficient (Wildman–Crippen LogP) is 6.45. The summed E-state index contributed by atoms with van der Waals surface area (Å²) in [5.74, 6) is -2.24. The minimum absolute atomic E-state index is 0.165. The number of halogens is 1. The van der Waals surface area contributed by atoms with Crippen molar-refractivity contribution in [1.29, 1.82) is 0 Å². The molecule has 2 aliphatic rings. The van der Waals surface area contributed by atoms with E-state index in [4.69, 9.17) is 10.5 Å². The molecular weight excluding hydrogens is 493 g/mol. The van der Waals surface area contributed by atoms with Crippen molar-refractivity contribution >= 4 is 17.5 Å². The molecule has 0 aromatic carbocycles. The summed E-state index contributed by atoms with van der Waals surface area (Å²) in [6.07, 6.45) is 14.4. The zero-order valence-electron chi connectivity index (χ0n) is 23.6. The van der Waals surface area contributed by atoms with E-state index in [1.807, 2.05) is 12.2 Å². The van der Waals surface area contributed by atoms with E-state index in [1.54, 1.807) is 31.2 Å². The van der Waals surface area contributed by atoms with E-state index < -0.39 is 23.3 Å². The van der Waals surface area contributed by atoms with Crippen molar-refractivity contribution in [3.8, 4) is 0 Å². The molecule has 2 N–H and O–H groups in total. The predicted molar refractivity (Wildman–Crippen MR) is 153 cm³/mol. The number of allylic oxidation sites excluding steroid dienone is 12. The lowest BCUT2D eigenvalue weighted by Crippen LogP contribution is -2.27. The maximum absolute atomic E-state index is 15.6. The van der Waals surface area contributed by atoms with Gasteiger partial charge < -0.3 is 10.5 Å². The van der Waals surface area contributed by atoms with E-state index in [1.165, 1.54) is 13.8 Å². The van der Waals surface area contributed by atoms with Crippen LogP contribution < -0.4 is 5.73 Å². The lowest BCUT2D eigenvalue weighted by atomic mass is 9.82. The molecule has 6 heteroatoms. The monoisotopic (exact) mass is 533 g/mol. The largest absolute Gasteiger partial charge is 0.368 e. The lowest BCUT2D eigenvalue weighted by molar-refractivity contribution is -0.128. The van der Waals surface area contributed by atoms with Crippen molar-refractivity contribution in [2.24, 2.45) is 11.7 Å². The van der Waals surface area contributed by atoms with Crippen LogP contribution in [0.25, 0.3) is 0 Å². The van der Waals surface area contributed by atoms with Crippen molar-refractivity contribution in [1.82, 2.24) is 0 Å². The Morgan fingerprint density at radius 2 is 1.95 bits per heavy atom. The molecule has 39 heavy (non-hydrogen) atoms. The maximum atomic E-state index is 15.6. The highest BCUT2D eigenvalue weighted by Crippen LogP contribution is 2.37. The SMILES string of the molecule is C=C=CC(=CCCC)C1=CC=C(C(=O)C(C)C(=O)C2=CCCC(OCC(N)=O)CC2)C(=C=C)C(C(C)(C)F)=C1. The molecule has 0 spiro atoms. The first-order valence-electron chi connectivity index (χ1n) is 13.4. The molecule has 5 nitrogen and oxygen atoms in total. The van der Waals surface area contributed by atoms with Crippen LogP contribution >= 0.6 is 0 Å². The van der Waals surface area contributed by atoms with Crippen LogP contribution in [0.1, 0.15) is 66.2 Å². The van der Waals surface area contributed by atoms with Gasteiger partial charge in [0.2, 0.25) is 5.91 Å². The summed E-state index contributed by atoms with van der Waals surface area (Å²) in [6, 6.07) is 0. The molecule has 0 saturated carbocycles. The van der Waals surface area contributed by atoms with Gasteiger partial charge in [0.25, 0.3) is 0 Å². The number of rotatable bonds is 12. The third kappa shape index (κ3) is 8.73. The van der Waals surface area contributed by atoms with E-state index in [2.05, 4.69) is 31.5 Å². The molecule has 0 aliphatic heterocycles. The van der Waals surface area contributed by atoms with E-state index in [0.29, 0.717) is 36.8 Å².